The van der Waals surface area contributed by atoms with Gasteiger partial charge < -0.3 is 14.0 Å². The second-order valence-electron chi connectivity index (χ2n) is 6.58. The van der Waals surface area contributed by atoms with Gasteiger partial charge in [0.15, 0.2) is 0 Å². The van der Waals surface area contributed by atoms with Crippen LogP contribution in [0.1, 0.15) is 48.3 Å². The molecule has 0 aromatic carbocycles. The fraction of sp³-hybridized carbons (Fsp3) is 0.421. The Labute approximate surface area is 151 Å². The highest BCUT2D eigenvalue weighted by Gasteiger charge is 2.23. The first kappa shape index (κ1) is 17.1. The van der Waals surface area contributed by atoms with Crippen molar-refractivity contribution in [2.24, 2.45) is 0 Å². The van der Waals surface area contributed by atoms with Crippen molar-refractivity contribution in [3.05, 3.63) is 46.2 Å². The highest BCUT2D eigenvalue weighted by Crippen LogP contribution is 2.30. The summed E-state index contributed by atoms with van der Waals surface area (Å²) >= 11 is 3.54. The van der Waals surface area contributed by atoms with Crippen molar-refractivity contribution in [1.29, 1.82) is 0 Å². The summed E-state index contributed by atoms with van der Waals surface area (Å²) in [7, 11) is 0. The highest BCUT2D eigenvalue weighted by molar-refractivity contribution is 9.10. The molecule has 3 heterocycles. The van der Waals surface area contributed by atoms with Crippen molar-refractivity contribution in [3.63, 3.8) is 0 Å². The molecule has 0 amide bonds. The van der Waals surface area contributed by atoms with Crippen molar-refractivity contribution < 1.29 is 9.53 Å². The fourth-order valence-corrected chi connectivity index (χ4v) is 3.74. The van der Waals surface area contributed by atoms with E-state index < -0.39 is 0 Å². The minimum absolute atomic E-state index is 0.142. The molecular formula is C19H23BrN2O2. The lowest BCUT2D eigenvalue weighted by molar-refractivity contribution is 0.0377. The van der Waals surface area contributed by atoms with Crippen molar-refractivity contribution in [2.45, 2.75) is 39.7 Å². The largest absolute Gasteiger partial charge is 0.459 e. The Kier molecular flexibility index (Phi) is 4.72. The van der Waals surface area contributed by atoms with E-state index in [-0.39, 0.29) is 12.1 Å². The van der Waals surface area contributed by atoms with Crippen LogP contribution in [0.2, 0.25) is 0 Å². The number of rotatable bonds is 4. The second-order valence-corrected chi connectivity index (χ2v) is 7.50. The molecule has 1 saturated heterocycles. The summed E-state index contributed by atoms with van der Waals surface area (Å²) in [5.74, 6) is -0.280. The molecule has 0 unspecified atom stereocenters. The van der Waals surface area contributed by atoms with Gasteiger partial charge in [-0.15, -0.1) is 0 Å². The molecule has 3 rings (SSSR count). The fourth-order valence-electron chi connectivity index (χ4n) is 3.30. The zero-order valence-electron chi connectivity index (χ0n) is 14.4. The van der Waals surface area contributed by atoms with Crippen LogP contribution in [0.4, 0.5) is 0 Å². The van der Waals surface area contributed by atoms with Crippen molar-refractivity contribution in [1.82, 2.24) is 9.30 Å². The van der Waals surface area contributed by atoms with Crippen LogP contribution in [0.15, 0.2) is 29.4 Å². The number of hydrogen-bond acceptors (Lipinski definition) is 3. The molecular weight excluding hydrogens is 368 g/mol. The Bertz CT molecular complexity index is 801. The normalized spacial score (nSPS) is 14.6. The van der Waals surface area contributed by atoms with Gasteiger partial charge in [0.1, 0.15) is 0 Å². The molecule has 0 radical (unpaired) electrons. The van der Waals surface area contributed by atoms with Gasteiger partial charge in [0.05, 0.1) is 23.1 Å². The first-order chi connectivity index (χ1) is 11.4. The summed E-state index contributed by atoms with van der Waals surface area (Å²) in [5, 5.41) is 0. The van der Waals surface area contributed by atoms with Crippen LogP contribution < -0.4 is 0 Å². The minimum Gasteiger partial charge on any atom is -0.459 e. The first-order valence-electron chi connectivity index (χ1n) is 8.35. The van der Waals surface area contributed by atoms with Gasteiger partial charge in [-0.05, 0) is 67.2 Å². The van der Waals surface area contributed by atoms with Crippen LogP contribution in [-0.4, -0.2) is 34.5 Å². The van der Waals surface area contributed by atoms with Crippen molar-refractivity contribution in [2.75, 3.05) is 13.1 Å². The average molecular weight is 391 g/mol. The number of carbonyl (C=O) groups excluding carboxylic acids is 1. The van der Waals surface area contributed by atoms with Gasteiger partial charge in [0.2, 0.25) is 0 Å². The molecule has 0 aliphatic carbocycles. The van der Waals surface area contributed by atoms with Crippen molar-refractivity contribution >= 4 is 33.1 Å². The highest BCUT2D eigenvalue weighted by atomic mass is 79.9. The molecule has 1 aliphatic rings. The zero-order valence-corrected chi connectivity index (χ0v) is 16.0. The number of carbonyl (C=O) groups is 1. The molecule has 1 aliphatic heterocycles. The molecule has 24 heavy (non-hydrogen) atoms. The van der Waals surface area contributed by atoms with E-state index in [1.165, 1.54) is 12.8 Å². The van der Waals surface area contributed by atoms with E-state index in [9.17, 15) is 4.79 Å². The quantitative estimate of drug-likeness (QED) is 0.712. The molecule has 2 aromatic heterocycles. The average Bonchev–Trinajstić information content (AvgIpc) is 3.13. The SMILES string of the molecule is C=C(c1c(C)c(C(=O)OC(C)C)cc2cc(Br)cn12)N1CCCC1. The molecule has 0 N–H and O–H groups in total. The third-order valence-electron chi connectivity index (χ3n) is 4.43. The first-order valence-corrected chi connectivity index (χ1v) is 9.14. The number of halogens is 1. The van der Waals surface area contributed by atoms with E-state index in [0.29, 0.717) is 5.56 Å². The number of aromatic nitrogens is 1. The van der Waals surface area contributed by atoms with E-state index in [2.05, 4.69) is 31.8 Å². The van der Waals surface area contributed by atoms with Gasteiger partial charge in [0, 0.05) is 29.3 Å². The van der Waals surface area contributed by atoms with Crippen LogP contribution in [0, 0.1) is 6.92 Å². The van der Waals surface area contributed by atoms with E-state index in [0.717, 1.165) is 40.0 Å². The maximum atomic E-state index is 12.5. The van der Waals surface area contributed by atoms with Gasteiger partial charge in [-0.25, -0.2) is 4.79 Å². The van der Waals surface area contributed by atoms with Gasteiger partial charge in [-0.2, -0.15) is 0 Å². The number of esters is 1. The van der Waals surface area contributed by atoms with Crippen molar-refractivity contribution in [3.8, 4) is 0 Å². The predicted molar refractivity (Wildman–Crippen MR) is 100 cm³/mol. The smallest absolute Gasteiger partial charge is 0.338 e. The molecule has 4 nitrogen and oxygen atoms in total. The summed E-state index contributed by atoms with van der Waals surface area (Å²) in [6.45, 7) is 12.1. The molecule has 1 fully saturated rings. The van der Waals surface area contributed by atoms with Gasteiger partial charge in [-0.3, -0.25) is 0 Å². The third kappa shape index (κ3) is 3.09. The monoisotopic (exact) mass is 390 g/mol. The number of pyridine rings is 1. The lowest BCUT2D eigenvalue weighted by atomic mass is 10.0. The number of likely N-dealkylation sites (tertiary alicyclic amines) is 1. The molecule has 0 atom stereocenters. The lowest BCUT2D eigenvalue weighted by Crippen LogP contribution is -2.21. The Morgan fingerprint density at radius 2 is 1.96 bits per heavy atom. The minimum atomic E-state index is -0.280. The van der Waals surface area contributed by atoms with Gasteiger partial charge in [-0.1, -0.05) is 6.58 Å². The van der Waals surface area contributed by atoms with Crippen LogP contribution in [0.3, 0.4) is 0 Å². The van der Waals surface area contributed by atoms with Crippen LogP contribution >= 0.6 is 15.9 Å². The molecule has 2 aromatic rings. The molecule has 0 spiro atoms. The van der Waals surface area contributed by atoms with Crippen LogP contribution in [-0.2, 0) is 4.74 Å². The maximum absolute atomic E-state index is 12.5. The third-order valence-corrected chi connectivity index (χ3v) is 4.87. The van der Waals surface area contributed by atoms with Gasteiger partial charge in [0.25, 0.3) is 0 Å². The van der Waals surface area contributed by atoms with Crippen LogP contribution in [0.5, 0.6) is 0 Å². The van der Waals surface area contributed by atoms with E-state index in [1.54, 1.807) is 0 Å². The van der Waals surface area contributed by atoms with E-state index >= 15 is 0 Å². The van der Waals surface area contributed by atoms with Crippen LogP contribution in [0.25, 0.3) is 11.2 Å². The standard InChI is InChI=1S/C19H23BrN2O2/c1-12(2)24-19(23)17-10-16-9-15(20)11-22(16)18(13(17)3)14(4)21-7-5-6-8-21/h9-12H,4-8H2,1-3H3. The molecule has 128 valence electrons. The molecule has 0 bridgehead atoms. The summed E-state index contributed by atoms with van der Waals surface area (Å²) in [5.41, 5.74) is 4.43. The maximum Gasteiger partial charge on any atom is 0.338 e. The molecule has 5 heteroatoms. The Morgan fingerprint density at radius 3 is 2.58 bits per heavy atom. The molecule has 0 saturated carbocycles. The van der Waals surface area contributed by atoms with E-state index in [1.807, 2.05) is 39.1 Å². The number of hydrogen-bond donors (Lipinski definition) is 0. The Hall–Kier alpha value is -1.75. The topological polar surface area (TPSA) is 34.0 Å². The summed E-state index contributed by atoms with van der Waals surface area (Å²) in [6.07, 6.45) is 4.25. The zero-order chi connectivity index (χ0) is 17.4. The second kappa shape index (κ2) is 6.63. The number of fused-ring (bicyclic) bond motifs is 1. The predicted octanol–water partition coefficient (Wildman–Crippen LogP) is 4.64. The summed E-state index contributed by atoms with van der Waals surface area (Å²) in [6, 6.07) is 3.90. The summed E-state index contributed by atoms with van der Waals surface area (Å²) in [4.78, 5) is 14.8. The number of ether oxygens (including phenoxy) is 1. The van der Waals surface area contributed by atoms with Gasteiger partial charge >= 0.3 is 5.97 Å². The Morgan fingerprint density at radius 1 is 1.29 bits per heavy atom. The Balaban J connectivity index is 2.15. The lowest BCUT2D eigenvalue weighted by Gasteiger charge is -2.24. The van der Waals surface area contributed by atoms with E-state index in [4.69, 9.17) is 4.74 Å². The summed E-state index contributed by atoms with van der Waals surface area (Å²) < 4.78 is 8.51. The number of nitrogens with zero attached hydrogens (tertiary/aromatic N) is 2.